The van der Waals surface area contributed by atoms with Gasteiger partial charge in [0, 0.05) is 32.0 Å². The van der Waals surface area contributed by atoms with Gasteiger partial charge in [-0.15, -0.1) is 12.4 Å². The number of aromatic nitrogens is 1. The zero-order chi connectivity index (χ0) is 15.1. The van der Waals surface area contributed by atoms with Crippen LogP contribution in [0.1, 0.15) is 24.0 Å². The zero-order valence-electron chi connectivity index (χ0n) is 12.7. The van der Waals surface area contributed by atoms with Crippen molar-refractivity contribution in [1.82, 2.24) is 9.88 Å². The Morgan fingerprint density at radius 3 is 2.36 bits per heavy atom. The summed E-state index contributed by atoms with van der Waals surface area (Å²) in [6.45, 7) is 3.54. The van der Waals surface area contributed by atoms with Crippen LogP contribution in [-0.2, 0) is 11.3 Å². The van der Waals surface area contributed by atoms with E-state index in [1.165, 1.54) is 0 Å². The molecule has 1 aromatic carbocycles. The normalized spacial score (nSPS) is 11.4. The Hall–Kier alpha value is -1.91. The van der Waals surface area contributed by atoms with Crippen molar-refractivity contribution in [3.8, 4) is 0 Å². The fourth-order valence-corrected chi connectivity index (χ4v) is 2.34. The Morgan fingerprint density at radius 2 is 1.82 bits per heavy atom. The van der Waals surface area contributed by atoms with Crippen molar-refractivity contribution in [2.24, 2.45) is 5.73 Å². The molecule has 0 radical (unpaired) electrons. The Balaban J connectivity index is 0.00000242. The van der Waals surface area contributed by atoms with Gasteiger partial charge in [0.2, 0.25) is 5.91 Å². The number of hydrogen-bond donors (Lipinski definition) is 1. The molecule has 2 N–H and O–H groups in total. The van der Waals surface area contributed by atoms with Crippen molar-refractivity contribution >= 4 is 18.3 Å². The lowest BCUT2D eigenvalue weighted by atomic mass is 9.97. The van der Waals surface area contributed by atoms with E-state index < -0.39 is 0 Å². The third kappa shape index (κ3) is 4.55. The van der Waals surface area contributed by atoms with Gasteiger partial charge in [-0.05, 0) is 30.2 Å². The third-order valence-electron chi connectivity index (χ3n) is 3.55. The number of pyridine rings is 1. The Morgan fingerprint density at radius 1 is 1.18 bits per heavy atom. The highest BCUT2D eigenvalue weighted by atomic mass is 35.5. The van der Waals surface area contributed by atoms with E-state index in [-0.39, 0.29) is 24.2 Å². The van der Waals surface area contributed by atoms with E-state index in [9.17, 15) is 4.79 Å². The summed E-state index contributed by atoms with van der Waals surface area (Å²) in [5.74, 6) is -0.212. The molecule has 0 aliphatic heterocycles. The minimum atomic E-state index is -0.284. The number of nitrogens with two attached hydrogens (primary N) is 1. The molecule has 1 aromatic heterocycles. The van der Waals surface area contributed by atoms with Gasteiger partial charge < -0.3 is 10.6 Å². The standard InChI is InChI=1S/C17H21N3O.ClH/c1-2-20(13-14-8-10-19-11-9-14)17(21)16(12-18)15-6-4-3-5-7-15;/h3-11,16H,2,12-13,18H2,1H3;1H. The van der Waals surface area contributed by atoms with Crippen molar-refractivity contribution < 1.29 is 4.79 Å². The minimum absolute atomic E-state index is 0. The predicted octanol–water partition coefficient (Wildman–Crippen LogP) is 2.59. The van der Waals surface area contributed by atoms with Crippen LogP contribution in [0, 0.1) is 0 Å². The topological polar surface area (TPSA) is 59.2 Å². The first-order chi connectivity index (χ1) is 10.3. The molecule has 0 spiro atoms. The number of hydrogen-bond acceptors (Lipinski definition) is 3. The van der Waals surface area contributed by atoms with Crippen molar-refractivity contribution in [1.29, 1.82) is 0 Å². The quantitative estimate of drug-likeness (QED) is 0.890. The fraction of sp³-hybridized carbons (Fsp3) is 0.294. The van der Waals surface area contributed by atoms with Gasteiger partial charge >= 0.3 is 0 Å². The Labute approximate surface area is 137 Å². The summed E-state index contributed by atoms with van der Waals surface area (Å²) in [6, 6.07) is 13.6. The molecule has 1 heterocycles. The molecule has 118 valence electrons. The van der Waals surface area contributed by atoms with Crippen molar-refractivity contribution in [2.45, 2.75) is 19.4 Å². The molecule has 22 heavy (non-hydrogen) atoms. The molecule has 5 heteroatoms. The summed E-state index contributed by atoms with van der Waals surface area (Å²) < 4.78 is 0. The summed E-state index contributed by atoms with van der Waals surface area (Å²) in [6.07, 6.45) is 3.48. The minimum Gasteiger partial charge on any atom is -0.338 e. The van der Waals surface area contributed by atoms with E-state index in [1.807, 2.05) is 54.3 Å². The highest BCUT2D eigenvalue weighted by Gasteiger charge is 2.23. The number of carbonyl (C=O) groups excluding carboxylic acids is 1. The second-order valence-corrected chi connectivity index (χ2v) is 4.91. The van der Waals surface area contributed by atoms with Gasteiger partial charge in [-0.2, -0.15) is 0 Å². The summed E-state index contributed by atoms with van der Waals surface area (Å²) in [7, 11) is 0. The van der Waals surface area contributed by atoms with Gasteiger partial charge in [-0.3, -0.25) is 9.78 Å². The highest BCUT2D eigenvalue weighted by Crippen LogP contribution is 2.18. The molecule has 0 saturated carbocycles. The van der Waals surface area contributed by atoms with Crippen LogP contribution < -0.4 is 5.73 Å². The lowest BCUT2D eigenvalue weighted by molar-refractivity contribution is -0.133. The lowest BCUT2D eigenvalue weighted by Crippen LogP contribution is -2.37. The van der Waals surface area contributed by atoms with E-state index in [1.54, 1.807) is 12.4 Å². The number of halogens is 1. The second-order valence-electron chi connectivity index (χ2n) is 4.91. The van der Waals surface area contributed by atoms with Crippen LogP contribution in [-0.4, -0.2) is 28.9 Å². The van der Waals surface area contributed by atoms with E-state index in [0.29, 0.717) is 19.6 Å². The maximum absolute atomic E-state index is 12.7. The number of benzene rings is 1. The molecule has 0 aliphatic rings. The van der Waals surface area contributed by atoms with Crippen LogP contribution in [0.2, 0.25) is 0 Å². The zero-order valence-corrected chi connectivity index (χ0v) is 13.5. The summed E-state index contributed by atoms with van der Waals surface area (Å²) >= 11 is 0. The molecule has 4 nitrogen and oxygen atoms in total. The van der Waals surface area contributed by atoms with Gasteiger partial charge in [0.15, 0.2) is 0 Å². The smallest absolute Gasteiger partial charge is 0.231 e. The Bertz CT molecular complexity index is 563. The fourth-order valence-electron chi connectivity index (χ4n) is 2.34. The molecule has 2 rings (SSSR count). The highest BCUT2D eigenvalue weighted by molar-refractivity contribution is 5.85. The average Bonchev–Trinajstić information content (AvgIpc) is 2.55. The van der Waals surface area contributed by atoms with Crippen LogP contribution in [0.3, 0.4) is 0 Å². The summed E-state index contributed by atoms with van der Waals surface area (Å²) in [5, 5.41) is 0. The monoisotopic (exact) mass is 319 g/mol. The largest absolute Gasteiger partial charge is 0.338 e. The molecule has 1 unspecified atom stereocenters. The molecular weight excluding hydrogens is 298 g/mol. The number of carbonyl (C=O) groups is 1. The van der Waals surface area contributed by atoms with E-state index >= 15 is 0 Å². The molecular formula is C17H22ClN3O. The molecule has 1 atom stereocenters. The molecule has 0 fully saturated rings. The van der Waals surface area contributed by atoms with E-state index in [0.717, 1.165) is 11.1 Å². The molecule has 0 aliphatic carbocycles. The van der Waals surface area contributed by atoms with Crippen molar-refractivity contribution in [3.05, 3.63) is 66.0 Å². The van der Waals surface area contributed by atoms with E-state index in [2.05, 4.69) is 4.98 Å². The van der Waals surface area contributed by atoms with Crippen LogP contribution in [0.25, 0.3) is 0 Å². The van der Waals surface area contributed by atoms with Gasteiger partial charge in [0.1, 0.15) is 0 Å². The molecule has 0 saturated heterocycles. The van der Waals surface area contributed by atoms with Gasteiger partial charge in [-0.25, -0.2) is 0 Å². The number of amides is 1. The maximum Gasteiger partial charge on any atom is 0.231 e. The predicted molar refractivity (Wildman–Crippen MR) is 90.8 cm³/mol. The van der Waals surface area contributed by atoms with Crippen molar-refractivity contribution in [3.63, 3.8) is 0 Å². The molecule has 2 aromatic rings. The lowest BCUT2D eigenvalue weighted by Gasteiger charge is -2.26. The first kappa shape index (κ1) is 18.1. The summed E-state index contributed by atoms with van der Waals surface area (Å²) in [4.78, 5) is 18.6. The van der Waals surface area contributed by atoms with Gasteiger partial charge in [0.05, 0.1) is 5.92 Å². The van der Waals surface area contributed by atoms with Gasteiger partial charge in [-0.1, -0.05) is 30.3 Å². The second kappa shape index (κ2) is 9.18. The number of likely N-dealkylation sites (N-methyl/N-ethyl adjacent to an activating group) is 1. The Kier molecular flexibility index (Phi) is 7.57. The van der Waals surface area contributed by atoms with Crippen molar-refractivity contribution in [2.75, 3.05) is 13.1 Å². The first-order valence-corrected chi connectivity index (χ1v) is 7.19. The SMILES string of the molecule is CCN(Cc1ccncc1)C(=O)C(CN)c1ccccc1.Cl. The van der Waals surface area contributed by atoms with E-state index in [4.69, 9.17) is 5.73 Å². The van der Waals surface area contributed by atoms with Crippen LogP contribution in [0.4, 0.5) is 0 Å². The third-order valence-corrected chi connectivity index (χ3v) is 3.55. The molecule has 0 bridgehead atoms. The van der Waals surface area contributed by atoms with Crippen LogP contribution >= 0.6 is 12.4 Å². The molecule has 1 amide bonds. The van der Waals surface area contributed by atoms with Crippen LogP contribution in [0.15, 0.2) is 54.9 Å². The average molecular weight is 320 g/mol. The van der Waals surface area contributed by atoms with Gasteiger partial charge in [0.25, 0.3) is 0 Å². The summed E-state index contributed by atoms with van der Waals surface area (Å²) in [5.41, 5.74) is 7.88. The number of rotatable bonds is 6. The maximum atomic E-state index is 12.7. The van der Waals surface area contributed by atoms with Crippen LogP contribution in [0.5, 0.6) is 0 Å². The first-order valence-electron chi connectivity index (χ1n) is 7.19. The number of nitrogens with zero attached hydrogens (tertiary/aromatic N) is 2.